The molecule has 0 aliphatic carbocycles. The van der Waals surface area contributed by atoms with E-state index in [1.165, 1.54) is 250 Å². The lowest BCUT2D eigenvalue weighted by Gasteiger charge is -2.21. The summed E-state index contributed by atoms with van der Waals surface area (Å²) < 4.78 is 68.8. The van der Waals surface area contributed by atoms with Crippen molar-refractivity contribution in [3.8, 4) is 0 Å². The van der Waals surface area contributed by atoms with Gasteiger partial charge in [0.25, 0.3) is 0 Å². The van der Waals surface area contributed by atoms with Crippen LogP contribution < -0.4 is 0 Å². The first kappa shape index (κ1) is 104. The number of rotatable bonds is 84. The Morgan fingerprint density at radius 2 is 0.453 bits per heavy atom. The molecule has 0 bridgehead atoms. The maximum absolute atomic E-state index is 13.2. The molecule has 0 saturated heterocycles. The highest BCUT2D eigenvalue weighted by molar-refractivity contribution is 7.47. The van der Waals surface area contributed by atoms with Crippen LogP contribution in [0.3, 0.4) is 0 Å². The van der Waals surface area contributed by atoms with Gasteiger partial charge in [0, 0.05) is 25.7 Å². The minimum absolute atomic E-state index is 0.105. The molecule has 19 heteroatoms. The summed E-state index contributed by atoms with van der Waals surface area (Å²) in [6.07, 6.45) is 65.5. The van der Waals surface area contributed by atoms with Crippen molar-refractivity contribution in [3.63, 3.8) is 0 Å². The third-order valence-corrected chi connectivity index (χ3v) is 22.6. The molecule has 0 aliphatic rings. The smallest absolute Gasteiger partial charge is 0.462 e. The highest BCUT2D eigenvalue weighted by Gasteiger charge is 2.31. The van der Waals surface area contributed by atoms with Crippen molar-refractivity contribution >= 4 is 39.5 Å². The molecule has 0 heterocycles. The number of aliphatic hydroxyl groups is 1. The van der Waals surface area contributed by atoms with E-state index in [0.717, 1.165) is 114 Å². The van der Waals surface area contributed by atoms with Crippen LogP contribution in [0.15, 0.2) is 0 Å². The molecule has 0 radical (unpaired) electrons. The predicted molar refractivity (Wildman–Crippen MR) is 437 cm³/mol. The SMILES string of the molecule is CCC(C)CCCCCCCCCCCCCCCCCCCCC(=O)O[C@H](COC(=O)CCCCCCCCCCCCCCCCCCCCC(C)C)COP(=O)(O)OC[C@@H](O)COP(=O)(O)OC[C@@H](COC(=O)CCCCCCCCC(C)C)OC(=O)CCCCCCCCCCCCCC(C)C. The summed E-state index contributed by atoms with van der Waals surface area (Å²) in [6.45, 7) is 14.3. The monoisotopic (exact) mass is 1550 g/mol. The largest absolute Gasteiger partial charge is 0.472 e. The van der Waals surface area contributed by atoms with Gasteiger partial charge in [-0.05, 0) is 49.4 Å². The van der Waals surface area contributed by atoms with Crippen LogP contribution >= 0.6 is 15.6 Å². The lowest BCUT2D eigenvalue weighted by atomic mass is 9.99. The number of carbonyl (C=O) groups excluding carboxylic acids is 4. The highest BCUT2D eigenvalue weighted by Crippen LogP contribution is 2.45. The van der Waals surface area contributed by atoms with Gasteiger partial charge in [0.05, 0.1) is 26.4 Å². The minimum atomic E-state index is -4.97. The molecule has 0 aromatic heterocycles. The predicted octanol–water partition coefficient (Wildman–Crippen LogP) is 26.3. The molecule has 0 aliphatic heterocycles. The van der Waals surface area contributed by atoms with Crippen LogP contribution in [0.25, 0.3) is 0 Å². The second kappa shape index (κ2) is 75.7. The van der Waals surface area contributed by atoms with Gasteiger partial charge in [-0.1, -0.05) is 402 Å². The average molecular weight is 1550 g/mol. The van der Waals surface area contributed by atoms with Gasteiger partial charge in [-0.2, -0.15) is 0 Å². The normalized spacial score (nSPS) is 14.2. The third kappa shape index (κ3) is 78.7. The first-order valence-electron chi connectivity index (χ1n) is 44.7. The van der Waals surface area contributed by atoms with Crippen molar-refractivity contribution < 1.29 is 80.2 Å². The van der Waals surface area contributed by atoms with Gasteiger partial charge in [-0.25, -0.2) is 9.13 Å². The Labute approximate surface area is 651 Å². The lowest BCUT2D eigenvalue weighted by molar-refractivity contribution is -0.161. The van der Waals surface area contributed by atoms with Crippen LogP contribution in [0, 0.1) is 23.7 Å². The van der Waals surface area contributed by atoms with E-state index in [9.17, 15) is 43.2 Å². The van der Waals surface area contributed by atoms with Crippen molar-refractivity contribution in [2.75, 3.05) is 39.6 Å². The Morgan fingerprint density at radius 1 is 0.264 bits per heavy atom. The van der Waals surface area contributed by atoms with E-state index in [0.29, 0.717) is 31.6 Å². The van der Waals surface area contributed by atoms with Gasteiger partial charge in [-0.3, -0.25) is 37.3 Å². The fraction of sp³-hybridized carbons (Fsp3) is 0.954. The summed E-state index contributed by atoms with van der Waals surface area (Å²) in [4.78, 5) is 73.2. The number of ether oxygens (including phenoxy) is 4. The number of aliphatic hydroxyl groups excluding tert-OH is 1. The number of hydrogen-bond acceptors (Lipinski definition) is 15. The van der Waals surface area contributed by atoms with Crippen LogP contribution in [0.2, 0.25) is 0 Å². The zero-order chi connectivity index (χ0) is 78.1. The van der Waals surface area contributed by atoms with E-state index >= 15 is 0 Å². The Bertz CT molecular complexity index is 2060. The molecule has 3 unspecified atom stereocenters. The fourth-order valence-corrected chi connectivity index (χ4v) is 15.0. The zero-order valence-corrected chi connectivity index (χ0v) is 71.9. The quantitative estimate of drug-likeness (QED) is 0.0222. The van der Waals surface area contributed by atoms with Crippen molar-refractivity contribution in [1.29, 1.82) is 0 Å². The van der Waals surface area contributed by atoms with Gasteiger partial charge >= 0.3 is 39.5 Å². The molecular weight excluding hydrogens is 1380 g/mol. The second-order valence-corrected chi connectivity index (χ2v) is 35.9. The van der Waals surface area contributed by atoms with Crippen LogP contribution in [0.4, 0.5) is 0 Å². The number of phosphoric acid groups is 2. The molecular formula is C87H170O17P2. The van der Waals surface area contributed by atoms with E-state index in [4.69, 9.17) is 37.0 Å². The molecule has 0 rings (SSSR count). The molecule has 630 valence electrons. The van der Waals surface area contributed by atoms with E-state index in [-0.39, 0.29) is 25.7 Å². The third-order valence-electron chi connectivity index (χ3n) is 20.7. The van der Waals surface area contributed by atoms with Gasteiger partial charge in [0.1, 0.15) is 19.3 Å². The number of hydrogen-bond donors (Lipinski definition) is 3. The van der Waals surface area contributed by atoms with E-state index in [1.807, 2.05) is 0 Å². The Balaban J connectivity index is 5.20. The first-order chi connectivity index (χ1) is 51.1. The van der Waals surface area contributed by atoms with E-state index < -0.39 is 97.5 Å². The van der Waals surface area contributed by atoms with Crippen molar-refractivity contribution in [2.24, 2.45) is 23.7 Å². The highest BCUT2D eigenvalue weighted by atomic mass is 31.2. The Hall–Kier alpha value is -1.94. The van der Waals surface area contributed by atoms with Crippen molar-refractivity contribution in [3.05, 3.63) is 0 Å². The number of esters is 4. The van der Waals surface area contributed by atoms with E-state index in [1.54, 1.807) is 0 Å². The molecule has 0 aromatic rings. The number of phosphoric ester groups is 2. The summed E-state index contributed by atoms with van der Waals surface area (Å²) in [5.74, 6) is 1.03. The summed E-state index contributed by atoms with van der Waals surface area (Å²) in [7, 11) is -9.93. The molecule has 3 N–H and O–H groups in total. The van der Waals surface area contributed by atoms with E-state index in [2.05, 4.69) is 55.4 Å². The van der Waals surface area contributed by atoms with Crippen LogP contribution in [-0.4, -0.2) is 96.7 Å². The average Bonchev–Trinajstić information content (AvgIpc) is 0.903. The van der Waals surface area contributed by atoms with Gasteiger partial charge < -0.3 is 33.8 Å². The molecule has 6 atom stereocenters. The Kier molecular flexibility index (Phi) is 74.3. The first-order valence-corrected chi connectivity index (χ1v) is 47.7. The molecule has 0 aromatic carbocycles. The summed E-state index contributed by atoms with van der Waals surface area (Å²) in [6, 6.07) is 0. The van der Waals surface area contributed by atoms with Crippen molar-refractivity contribution in [1.82, 2.24) is 0 Å². The lowest BCUT2D eigenvalue weighted by Crippen LogP contribution is -2.30. The van der Waals surface area contributed by atoms with Crippen LogP contribution in [0.1, 0.15) is 453 Å². The van der Waals surface area contributed by atoms with Crippen LogP contribution in [0.5, 0.6) is 0 Å². The minimum Gasteiger partial charge on any atom is -0.462 e. The van der Waals surface area contributed by atoms with Gasteiger partial charge in [0.2, 0.25) is 0 Å². The maximum Gasteiger partial charge on any atom is 0.472 e. The molecule has 0 fully saturated rings. The molecule has 106 heavy (non-hydrogen) atoms. The standard InChI is InChI=1S/C87H170O17P2/c1-9-80(8)66-58-50-41-35-29-23-19-15-11-13-17-21-25-31-37-43-53-61-69-86(91)103-82(73-97-84(89)67-59-51-42-36-30-24-20-16-12-10-14-18-22-27-33-39-47-55-63-77(2)3)75-101-105(93,94)99-71-81(88)72-100-106(95,96)102-76-83(74-98-85(90)68-60-52-46-45-49-57-65-79(6)7)104-87(92)70-62-54-44-38-32-26-28-34-40-48-56-64-78(4)5/h77-83,88H,9-76H2,1-8H3,(H,93,94)(H,95,96)/t80?,81-,82-,83-/m1/s1. The summed E-state index contributed by atoms with van der Waals surface area (Å²) >= 11 is 0. The maximum atomic E-state index is 13.2. The fourth-order valence-electron chi connectivity index (χ4n) is 13.5. The molecule has 17 nitrogen and oxygen atoms in total. The van der Waals surface area contributed by atoms with Crippen molar-refractivity contribution in [2.45, 2.75) is 472 Å². The van der Waals surface area contributed by atoms with Crippen LogP contribution in [-0.2, 0) is 65.4 Å². The topological polar surface area (TPSA) is 237 Å². The Morgan fingerprint density at radius 3 is 0.670 bits per heavy atom. The summed E-state index contributed by atoms with van der Waals surface area (Å²) in [5, 5.41) is 10.7. The number of carbonyl (C=O) groups is 4. The zero-order valence-electron chi connectivity index (χ0n) is 70.1. The molecule has 0 spiro atoms. The van der Waals surface area contributed by atoms with Gasteiger partial charge in [-0.15, -0.1) is 0 Å². The molecule has 0 saturated carbocycles. The molecule has 0 amide bonds. The van der Waals surface area contributed by atoms with Gasteiger partial charge in [0.15, 0.2) is 12.2 Å². The summed E-state index contributed by atoms with van der Waals surface area (Å²) in [5.41, 5.74) is 0. The number of unbranched alkanes of at least 4 members (excludes halogenated alkanes) is 49. The second-order valence-electron chi connectivity index (χ2n) is 33.0.